The predicted molar refractivity (Wildman–Crippen MR) is 102 cm³/mol. The highest BCUT2D eigenvalue weighted by molar-refractivity contribution is 8.23. The fraction of sp³-hybridized carbons (Fsp3) is 0.333. The molecule has 1 saturated heterocycles. The van der Waals surface area contributed by atoms with Crippen molar-refractivity contribution in [2.24, 2.45) is 0 Å². The van der Waals surface area contributed by atoms with Gasteiger partial charge in [-0.05, 0) is 12.1 Å². The van der Waals surface area contributed by atoms with E-state index in [2.05, 4.69) is 10.3 Å². The van der Waals surface area contributed by atoms with Gasteiger partial charge in [0.05, 0.1) is 24.4 Å². The van der Waals surface area contributed by atoms with Gasteiger partial charge in [-0.15, -0.1) is 0 Å². The molecule has 1 aromatic heterocycles. The number of carbonyl (C=O) groups excluding carboxylic acids is 1. The van der Waals surface area contributed by atoms with Gasteiger partial charge in [0.2, 0.25) is 5.91 Å². The Hall–Kier alpha value is -1.55. The molecule has 0 unspecified atom stereocenters. The largest absolute Gasteiger partial charge is 0.378 e. The summed E-state index contributed by atoms with van der Waals surface area (Å²) in [6.45, 7) is 2.81. The average Bonchev–Trinajstić information content (AvgIpc) is 2.60. The van der Waals surface area contributed by atoms with Gasteiger partial charge >= 0.3 is 0 Å². The summed E-state index contributed by atoms with van der Waals surface area (Å²) in [5.41, 5.74) is -0.337. The number of nitrogens with one attached hydrogen (secondary N) is 1. The highest BCUT2D eigenvalue weighted by Crippen LogP contribution is 2.20. The van der Waals surface area contributed by atoms with Crippen LogP contribution in [0.1, 0.15) is 0 Å². The van der Waals surface area contributed by atoms with E-state index in [1.54, 1.807) is 12.1 Å². The number of morpholine rings is 1. The molecule has 1 amide bonds. The normalized spacial score (nSPS) is 14.6. The van der Waals surface area contributed by atoms with Gasteiger partial charge in [-0.3, -0.25) is 9.59 Å². The molecule has 2 heterocycles. The third-order valence-corrected chi connectivity index (χ3v) is 5.86. The third-order valence-electron chi connectivity index (χ3n) is 3.37. The molecule has 1 aliphatic rings. The molecular formula is C15H15N3O3S3. The Morgan fingerprint density at radius 1 is 1.38 bits per heavy atom. The van der Waals surface area contributed by atoms with Crippen LogP contribution in [0.25, 0.3) is 10.1 Å². The number of aromatic nitrogens is 1. The van der Waals surface area contributed by atoms with Gasteiger partial charge in [-0.25, -0.2) is 0 Å². The van der Waals surface area contributed by atoms with Crippen LogP contribution in [0.4, 0.5) is 5.13 Å². The maximum Gasteiger partial charge on any atom is 0.281 e. The maximum absolute atomic E-state index is 12.1. The minimum atomic E-state index is -0.337. The van der Waals surface area contributed by atoms with Crippen molar-refractivity contribution in [2.45, 2.75) is 0 Å². The molecule has 2 aromatic rings. The monoisotopic (exact) mass is 381 g/mol. The molecule has 0 radical (unpaired) electrons. The number of hydrogen-bond donors (Lipinski definition) is 1. The highest BCUT2D eigenvalue weighted by Gasteiger charge is 2.16. The maximum atomic E-state index is 12.1. The second-order valence-corrected chi connectivity index (χ2v) is 7.66. The molecule has 6 nitrogen and oxygen atoms in total. The number of nitrogens with zero attached hydrogens (tertiary/aromatic N) is 2. The number of thioether (sulfide) groups is 1. The van der Waals surface area contributed by atoms with Crippen molar-refractivity contribution in [2.75, 3.05) is 37.4 Å². The molecule has 1 aliphatic heterocycles. The van der Waals surface area contributed by atoms with Crippen molar-refractivity contribution in [3.8, 4) is 0 Å². The molecule has 1 aromatic carbocycles. The molecule has 9 heteroatoms. The van der Waals surface area contributed by atoms with E-state index in [1.165, 1.54) is 23.1 Å². The van der Waals surface area contributed by atoms with E-state index in [0.29, 0.717) is 28.1 Å². The summed E-state index contributed by atoms with van der Waals surface area (Å²) in [5.74, 6) is -0.0416. The number of hydrogen-bond acceptors (Lipinski definition) is 7. The lowest BCUT2D eigenvalue weighted by Crippen LogP contribution is -2.39. The number of thiocarbonyl (C=S) groups is 1. The molecule has 1 N–H and O–H groups in total. The first-order chi connectivity index (χ1) is 11.6. The van der Waals surface area contributed by atoms with Crippen molar-refractivity contribution in [3.63, 3.8) is 0 Å². The molecule has 0 aliphatic carbocycles. The van der Waals surface area contributed by atoms with Crippen LogP contribution >= 0.6 is 35.3 Å². The summed E-state index contributed by atoms with van der Waals surface area (Å²) < 4.78 is 6.76. The number of amides is 1. The topological polar surface area (TPSA) is 71.5 Å². The number of carbonyl (C=O) groups is 1. The minimum absolute atomic E-state index is 0.186. The Kier molecular flexibility index (Phi) is 5.77. The van der Waals surface area contributed by atoms with Crippen LogP contribution in [-0.2, 0) is 9.53 Å². The number of ether oxygens (including phenoxy) is 1. The molecule has 24 heavy (non-hydrogen) atoms. The predicted octanol–water partition coefficient (Wildman–Crippen LogP) is 1.95. The van der Waals surface area contributed by atoms with E-state index >= 15 is 0 Å². The Bertz CT molecular complexity index is 818. The fourth-order valence-corrected chi connectivity index (χ4v) is 4.15. The van der Waals surface area contributed by atoms with Gasteiger partial charge in [-0.2, -0.15) is 4.98 Å². The number of benzene rings is 1. The molecular weight excluding hydrogens is 366 g/mol. The summed E-state index contributed by atoms with van der Waals surface area (Å²) in [5, 5.41) is 3.54. The van der Waals surface area contributed by atoms with E-state index < -0.39 is 0 Å². The van der Waals surface area contributed by atoms with E-state index in [4.69, 9.17) is 17.0 Å². The van der Waals surface area contributed by atoms with Crippen molar-refractivity contribution in [1.29, 1.82) is 0 Å². The molecule has 1 fully saturated rings. The van der Waals surface area contributed by atoms with Crippen LogP contribution in [0, 0.1) is 0 Å². The third kappa shape index (κ3) is 4.29. The standard InChI is InChI=1S/C15H15N3O3S3/c19-12(9-23-15(22)18-5-7-21-8-6-18)16-14-17-13(20)10-3-1-2-4-11(10)24-14/h1-4H,5-9H2,(H,16,17,19,20). The van der Waals surface area contributed by atoms with Crippen LogP contribution in [0.3, 0.4) is 0 Å². The Morgan fingerprint density at radius 3 is 2.92 bits per heavy atom. The molecule has 126 valence electrons. The van der Waals surface area contributed by atoms with E-state index in [9.17, 15) is 9.59 Å². The first-order valence-electron chi connectivity index (χ1n) is 7.32. The van der Waals surface area contributed by atoms with Crippen LogP contribution in [-0.4, -0.2) is 52.2 Å². The first-order valence-corrected chi connectivity index (χ1v) is 9.54. The lowest BCUT2D eigenvalue weighted by atomic mass is 10.3. The SMILES string of the molecule is O=C(CSC(=S)N1CCOCC1)Nc1nc(=O)c2ccccc2s1. The summed E-state index contributed by atoms with van der Waals surface area (Å²) >= 11 is 7.92. The van der Waals surface area contributed by atoms with Gasteiger partial charge in [0.25, 0.3) is 5.56 Å². The van der Waals surface area contributed by atoms with E-state index in [-0.39, 0.29) is 17.2 Å². The van der Waals surface area contributed by atoms with Crippen LogP contribution < -0.4 is 10.9 Å². The number of rotatable bonds is 3. The Balaban J connectivity index is 1.58. The summed E-state index contributed by atoms with van der Waals surface area (Å²) in [7, 11) is 0. The van der Waals surface area contributed by atoms with Crippen LogP contribution in [0.2, 0.25) is 0 Å². The summed E-state index contributed by atoms with van der Waals surface area (Å²) in [6, 6.07) is 7.20. The quantitative estimate of drug-likeness (QED) is 0.815. The lowest BCUT2D eigenvalue weighted by Gasteiger charge is -2.28. The van der Waals surface area contributed by atoms with E-state index in [1.807, 2.05) is 17.0 Å². The molecule has 3 rings (SSSR count). The van der Waals surface area contributed by atoms with Gasteiger partial charge in [-0.1, -0.05) is 47.4 Å². The average molecular weight is 382 g/mol. The highest BCUT2D eigenvalue weighted by atomic mass is 32.2. The zero-order valence-corrected chi connectivity index (χ0v) is 15.1. The number of anilines is 1. The van der Waals surface area contributed by atoms with Gasteiger partial charge < -0.3 is 15.0 Å². The Labute approximate surface area is 152 Å². The van der Waals surface area contributed by atoms with Crippen molar-refractivity contribution in [3.05, 3.63) is 34.6 Å². The van der Waals surface area contributed by atoms with Crippen LogP contribution in [0.15, 0.2) is 29.1 Å². The fourth-order valence-electron chi connectivity index (χ4n) is 2.19. The zero-order valence-electron chi connectivity index (χ0n) is 12.7. The molecule has 0 saturated carbocycles. The zero-order chi connectivity index (χ0) is 16.9. The smallest absolute Gasteiger partial charge is 0.281 e. The summed E-state index contributed by atoms with van der Waals surface area (Å²) in [4.78, 5) is 30.0. The number of fused-ring (bicyclic) bond motifs is 1. The van der Waals surface area contributed by atoms with Gasteiger partial charge in [0.1, 0.15) is 4.32 Å². The van der Waals surface area contributed by atoms with Crippen molar-refractivity contribution >= 4 is 60.8 Å². The van der Waals surface area contributed by atoms with E-state index in [0.717, 1.165) is 17.8 Å². The van der Waals surface area contributed by atoms with Gasteiger partial charge in [0, 0.05) is 17.8 Å². The van der Waals surface area contributed by atoms with Gasteiger partial charge in [0.15, 0.2) is 5.13 Å². The first kappa shape index (κ1) is 17.3. The summed E-state index contributed by atoms with van der Waals surface area (Å²) in [6.07, 6.45) is 0. The van der Waals surface area contributed by atoms with Crippen molar-refractivity contribution in [1.82, 2.24) is 9.88 Å². The molecule has 0 spiro atoms. The lowest BCUT2D eigenvalue weighted by molar-refractivity contribution is -0.113. The van der Waals surface area contributed by atoms with Crippen molar-refractivity contribution < 1.29 is 9.53 Å². The molecule has 0 bridgehead atoms. The molecule has 0 atom stereocenters. The minimum Gasteiger partial charge on any atom is -0.378 e. The Morgan fingerprint density at radius 2 is 2.12 bits per heavy atom. The van der Waals surface area contributed by atoms with Crippen LogP contribution in [0.5, 0.6) is 0 Å². The second kappa shape index (κ2) is 8.02. The second-order valence-electron chi connectivity index (χ2n) is 5.02.